The van der Waals surface area contributed by atoms with Crippen molar-refractivity contribution in [1.29, 1.82) is 0 Å². The normalized spacial score (nSPS) is 29.7. The summed E-state index contributed by atoms with van der Waals surface area (Å²) in [5, 5.41) is 6.54. The summed E-state index contributed by atoms with van der Waals surface area (Å²) >= 11 is 0. The maximum atomic E-state index is 12.5. The summed E-state index contributed by atoms with van der Waals surface area (Å²) < 4.78 is 5.34. The number of rotatable bonds is 5. The van der Waals surface area contributed by atoms with E-state index in [1.54, 1.807) is 0 Å². The van der Waals surface area contributed by atoms with Gasteiger partial charge in [0.2, 0.25) is 11.8 Å². The summed E-state index contributed by atoms with van der Waals surface area (Å²) in [6, 6.07) is 0.487. The second kappa shape index (κ2) is 11.3. The predicted molar refractivity (Wildman–Crippen MR) is 105 cm³/mol. The van der Waals surface area contributed by atoms with Gasteiger partial charge in [-0.1, -0.05) is 0 Å². The number of carbonyl (C=O) groups is 2. The number of nitrogens with one attached hydrogen (secondary N) is 2. The number of likely N-dealkylation sites (tertiary alicyclic amines) is 1. The van der Waals surface area contributed by atoms with E-state index in [-0.39, 0.29) is 48.6 Å². The Balaban J connectivity index is 0.00000169. The number of nitrogens with zero attached hydrogens (tertiary/aromatic N) is 2. The first-order valence-electron chi connectivity index (χ1n) is 9.25. The number of piperidine rings is 1. The van der Waals surface area contributed by atoms with Crippen LogP contribution >= 0.6 is 24.8 Å². The third kappa shape index (κ3) is 6.23. The zero-order chi connectivity index (χ0) is 16.9. The Bertz CT molecular complexity index is 463. The molecule has 3 atom stereocenters. The SMILES string of the molecule is CC1NCCCC1NC(=O)C1CC(=O)N(CCN2CCOCC2)C1.Cl.Cl. The summed E-state index contributed by atoms with van der Waals surface area (Å²) in [6.45, 7) is 8.67. The van der Waals surface area contributed by atoms with Gasteiger partial charge in [-0.3, -0.25) is 14.5 Å². The molecule has 3 fully saturated rings. The van der Waals surface area contributed by atoms with Gasteiger partial charge in [-0.05, 0) is 26.3 Å². The molecule has 26 heavy (non-hydrogen) atoms. The molecule has 0 aliphatic carbocycles. The van der Waals surface area contributed by atoms with Crippen LogP contribution in [0.15, 0.2) is 0 Å². The van der Waals surface area contributed by atoms with Crippen LogP contribution < -0.4 is 10.6 Å². The summed E-state index contributed by atoms with van der Waals surface area (Å²) in [7, 11) is 0. The van der Waals surface area contributed by atoms with Crippen LogP contribution in [0.5, 0.6) is 0 Å². The van der Waals surface area contributed by atoms with E-state index in [0.717, 1.165) is 52.2 Å². The molecule has 152 valence electrons. The lowest BCUT2D eigenvalue weighted by molar-refractivity contribution is -0.129. The highest BCUT2D eigenvalue weighted by Crippen LogP contribution is 2.19. The molecule has 0 aromatic heterocycles. The largest absolute Gasteiger partial charge is 0.379 e. The Labute approximate surface area is 168 Å². The number of amides is 2. The third-order valence-corrected chi connectivity index (χ3v) is 5.46. The number of hydrogen-bond acceptors (Lipinski definition) is 5. The molecule has 3 heterocycles. The van der Waals surface area contributed by atoms with Gasteiger partial charge in [0.25, 0.3) is 0 Å². The Morgan fingerprint density at radius 1 is 1.27 bits per heavy atom. The van der Waals surface area contributed by atoms with E-state index < -0.39 is 0 Å². The van der Waals surface area contributed by atoms with Gasteiger partial charge < -0.3 is 20.3 Å². The van der Waals surface area contributed by atoms with Gasteiger partial charge in [0.1, 0.15) is 0 Å². The minimum Gasteiger partial charge on any atom is -0.379 e. The van der Waals surface area contributed by atoms with E-state index in [1.807, 2.05) is 4.90 Å². The fourth-order valence-corrected chi connectivity index (χ4v) is 3.79. The molecule has 3 rings (SSSR count). The van der Waals surface area contributed by atoms with Crippen molar-refractivity contribution in [2.75, 3.05) is 52.5 Å². The van der Waals surface area contributed by atoms with Crippen molar-refractivity contribution in [2.24, 2.45) is 5.92 Å². The zero-order valence-electron chi connectivity index (χ0n) is 15.4. The predicted octanol–water partition coefficient (Wildman–Crippen LogP) is 0.267. The lowest BCUT2D eigenvalue weighted by Crippen LogP contribution is -2.53. The topological polar surface area (TPSA) is 73.9 Å². The fourth-order valence-electron chi connectivity index (χ4n) is 3.79. The number of halogens is 2. The van der Waals surface area contributed by atoms with Crippen LogP contribution in [0, 0.1) is 5.92 Å². The summed E-state index contributed by atoms with van der Waals surface area (Å²) in [4.78, 5) is 28.9. The quantitative estimate of drug-likeness (QED) is 0.680. The second-order valence-electron chi connectivity index (χ2n) is 7.19. The average molecular weight is 411 g/mol. The molecule has 9 heteroatoms. The summed E-state index contributed by atoms with van der Waals surface area (Å²) in [6.07, 6.45) is 2.45. The van der Waals surface area contributed by atoms with Gasteiger partial charge in [0.15, 0.2) is 0 Å². The molecule has 3 aliphatic heterocycles. The average Bonchev–Trinajstić information content (AvgIpc) is 2.97. The zero-order valence-corrected chi connectivity index (χ0v) is 17.1. The third-order valence-electron chi connectivity index (χ3n) is 5.46. The van der Waals surface area contributed by atoms with Crippen molar-refractivity contribution in [3.63, 3.8) is 0 Å². The summed E-state index contributed by atoms with van der Waals surface area (Å²) in [5.41, 5.74) is 0. The smallest absolute Gasteiger partial charge is 0.225 e. The first-order chi connectivity index (χ1) is 11.6. The molecular weight excluding hydrogens is 379 g/mol. The van der Waals surface area contributed by atoms with Crippen molar-refractivity contribution in [1.82, 2.24) is 20.4 Å². The van der Waals surface area contributed by atoms with E-state index in [9.17, 15) is 9.59 Å². The van der Waals surface area contributed by atoms with Crippen LogP contribution in [0.2, 0.25) is 0 Å². The number of ether oxygens (including phenoxy) is 1. The molecule has 0 aromatic carbocycles. The molecule has 0 radical (unpaired) electrons. The van der Waals surface area contributed by atoms with Gasteiger partial charge in [-0.15, -0.1) is 24.8 Å². The lowest BCUT2D eigenvalue weighted by atomic mass is 9.98. The van der Waals surface area contributed by atoms with Crippen molar-refractivity contribution in [3.05, 3.63) is 0 Å². The van der Waals surface area contributed by atoms with Crippen LogP contribution in [-0.2, 0) is 14.3 Å². The first-order valence-corrected chi connectivity index (χ1v) is 9.25. The van der Waals surface area contributed by atoms with Gasteiger partial charge in [-0.2, -0.15) is 0 Å². The highest BCUT2D eigenvalue weighted by molar-refractivity contribution is 5.89. The maximum absolute atomic E-state index is 12.5. The van der Waals surface area contributed by atoms with Crippen LogP contribution in [0.25, 0.3) is 0 Å². The van der Waals surface area contributed by atoms with Crippen LogP contribution in [0.3, 0.4) is 0 Å². The van der Waals surface area contributed by atoms with Crippen molar-refractivity contribution < 1.29 is 14.3 Å². The van der Waals surface area contributed by atoms with Crippen LogP contribution in [0.4, 0.5) is 0 Å². The van der Waals surface area contributed by atoms with Gasteiger partial charge in [0.05, 0.1) is 19.1 Å². The molecule has 0 aromatic rings. The van der Waals surface area contributed by atoms with Gasteiger partial charge >= 0.3 is 0 Å². The van der Waals surface area contributed by atoms with Crippen molar-refractivity contribution in [2.45, 2.75) is 38.3 Å². The van der Waals surface area contributed by atoms with E-state index in [2.05, 4.69) is 22.5 Å². The molecule has 3 saturated heterocycles. The minimum absolute atomic E-state index is 0. The van der Waals surface area contributed by atoms with E-state index in [1.165, 1.54) is 0 Å². The number of hydrogen-bond donors (Lipinski definition) is 2. The Morgan fingerprint density at radius 3 is 2.69 bits per heavy atom. The molecule has 2 N–H and O–H groups in total. The van der Waals surface area contributed by atoms with E-state index in [0.29, 0.717) is 25.6 Å². The van der Waals surface area contributed by atoms with Crippen LogP contribution in [-0.4, -0.2) is 86.2 Å². The molecule has 0 bridgehead atoms. The molecule has 3 unspecified atom stereocenters. The van der Waals surface area contributed by atoms with Crippen molar-refractivity contribution in [3.8, 4) is 0 Å². The number of carbonyl (C=O) groups excluding carboxylic acids is 2. The fraction of sp³-hybridized carbons (Fsp3) is 0.882. The standard InChI is InChI=1S/C17H30N4O3.2ClH/c1-13-15(3-2-4-18-13)19-17(23)14-11-16(22)21(12-14)6-5-20-7-9-24-10-8-20;;/h13-15,18H,2-12H2,1H3,(H,19,23);2*1H. The molecule has 2 amide bonds. The number of morpholine rings is 1. The minimum atomic E-state index is -0.198. The molecule has 0 spiro atoms. The first kappa shape index (κ1) is 23.4. The molecular formula is C17H32Cl2N4O3. The molecule has 7 nitrogen and oxygen atoms in total. The van der Waals surface area contributed by atoms with E-state index >= 15 is 0 Å². The van der Waals surface area contributed by atoms with Crippen molar-refractivity contribution >= 4 is 36.6 Å². The monoisotopic (exact) mass is 410 g/mol. The Kier molecular flexibility index (Phi) is 10.2. The summed E-state index contributed by atoms with van der Waals surface area (Å²) in [5.74, 6) is -0.0488. The van der Waals surface area contributed by atoms with Gasteiger partial charge in [-0.25, -0.2) is 0 Å². The lowest BCUT2D eigenvalue weighted by Gasteiger charge is -2.31. The Morgan fingerprint density at radius 2 is 2.00 bits per heavy atom. The highest BCUT2D eigenvalue weighted by atomic mass is 35.5. The maximum Gasteiger partial charge on any atom is 0.225 e. The second-order valence-corrected chi connectivity index (χ2v) is 7.19. The van der Waals surface area contributed by atoms with Crippen LogP contribution in [0.1, 0.15) is 26.2 Å². The van der Waals surface area contributed by atoms with E-state index in [4.69, 9.17) is 4.74 Å². The Hall–Kier alpha value is -0.600. The molecule has 0 saturated carbocycles. The molecule has 3 aliphatic rings. The highest BCUT2D eigenvalue weighted by Gasteiger charge is 2.35. The van der Waals surface area contributed by atoms with Gasteiger partial charge in [0, 0.05) is 51.2 Å².